The van der Waals surface area contributed by atoms with Crippen molar-refractivity contribution in [3.63, 3.8) is 0 Å². The molecular formula is C47H30N4. The van der Waals surface area contributed by atoms with Crippen molar-refractivity contribution in [3.05, 3.63) is 167 Å². The highest BCUT2D eigenvalue weighted by Crippen LogP contribution is 2.46. The zero-order valence-electron chi connectivity index (χ0n) is 27.9. The SMILES string of the molecule is C=c1cccc/c1=C/c1c(C)c2cc3c4ccccc4n(-c4nc(-c5ccc6ccccc6c5)nc5ccccc45)c3c3c4ccccc4n1c23. The van der Waals surface area contributed by atoms with Gasteiger partial charge >= 0.3 is 0 Å². The molecule has 0 N–H and O–H groups in total. The second-order valence-corrected chi connectivity index (χ2v) is 13.6. The van der Waals surface area contributed by atoms with Crippen molar-refractivity contribution in [2.75, 3.05) is 0 Å². The standard InChI is InChI=1S/C47H30N4/c1-28-13-3-4-15-31(28)26-42-29(2)37-27-38-34-17-8-11-21-40(34)51(45(38)43-36-19-9-12-22-41(36)50(42)44(37)43)47-35-18-7-10-20-39(35)48-46(49-47)33-24-23-30-14-5-6-16-32(30)25-33/h3-27H,1H2,2H3/b31-26-. The maximum atomic E-state index is 5.47. The number of hydrogen-bond acceptors (Lipinski definition) is 2. The first-order valence-electron chi connectivity index (χ1n) is 17.4. The molecule has 0 fully saturated rings. The average Bonchev–Trinajstić information content (AvgIpc) is 3.79. The average molecular weight is 651 g/mol. The predicted molar refractivity (Wildman–Crippen MR) is 213 cm³/mol. The van der Waals surface area contributed by atoms with Crippen LogP contribution in [0.5, 0.6) is 0 Å². The summed E-state index contributed by atoms with van der Waals surface area (Å²) >= 11 is 0. The minimum Gasteiger partial charge on any atom is -0.308 e. The van der Waals surface area contributed by atoms with E-state index in [1.165, 1.54) is 60.0 Å². The monoisotopic (exact) mass is 650 g/mol. The van der Waals surface area contributed by atoms with Gasteiger partial charge < -0.3 is 4.40 Å². The highest BCUT2D eigenvalue weighted by Gasteiger charge is 2.26. The Hall–Kier alpha value is -6.78. The highest BCUT2D eigenvalue weighted by atomic mass is 15.1. The van der Waals surface area contributed by atoms with Gasteiger partial charge in [0.2, 0.25) is 0 Å². The number of aryl methyl sites for hydroxylation is 1. The van der Waals surface area contributed by atoms with Gasteiger partial charge in [-0.25, -0.2) is 9.97 Å². The van der Waals surface area contributed by atoms with Gasteiger partial charge in [-0.3, -0.25) is 4.57 Å². The van der Waals surface area contributed by atoms with Gasteiger partial charge in [0.25, 0.3) is 0 Å². The van der Waals surface area contributed by atoms with E-state index in [1.54, 1.807) is 0 Å². The first kappa shape index (κ1) is 28.1. The van der Waals surface area contributed by atoms with Gasteiger partial charge in [-0.1, -0.05) is 116 Å². The normalized spacial score (nSPS) is 12.6. The van der Waals surface area contributed by atoms with E-state index in [4.69, 9.17) is 9.97 Å². The summed E-state index contributed by atoms with van der Waals surface area (Å²) in [4.78, 5) is 10.6. The molecule has 7 aromatic carbocycles. The van der Waals surface area contributed by atoms with Crippen LogP contribution in [0.2, 0.25) is 0 Å². The molecule has 238 valence electrons. The van der Waals surface area contributed by atoms with Gasteiger partial charge in [0.1, 0.15) is 5.82 Å². The van der Waals surface area contributed by atoms with Crippen molar-refractivity contribution < 1.29 is 0 Å². The number of rotatable bonds is 3. The van der Waals surface area contributed by atoms with Crippen LogP contribution in [0.1, 0.15) is 11.3 Å². The third kappa shape index (κ3) is 3.90. The quantitative estimate of drug-likeness (QED) is 0.191. The van der Waals surface area contributed by atoms with E-state index in [0.29, 0.717) is 5.82 Å². The van der Waals surface area contributed by atoms with Gasteiger partial charge in [0, 0.05) is 37.9 Å². The number of para-hydroxylation sites is 3. The lowest BCUT2D eigenvalue weighted by Crippen LogP contribution is -2.22. The van der Waals surface area contributed by atoms with Crippen LogP contribution < -0.4 is 10.4 Å². The summed E-state index contributed by atoms with van der Waals surface area (Å²) in [5.74, 6) is 1.59. The van der Waals surface area contributed by atoms with Crippen molar-refractivity contribution in [2.24, 2.45) is 0 Å². The Morgan fingerprint density at radius 2 is 1.27 bits per heavy atom. The molecule has 11 rings (SSSR count). The summed E-state index contributed by atoms with van der Waals surface area (Å²) in [5.41, 5.74) is 9.04. The molecule has 4 heteroatoms. The predicted octanol–water partition coefficient (Wildman–Crippen LogP) is 10.1. The van der Waals surface area contributed by atoms with Crippen LogP contribution in [-0.2, 0) is 0 Å². The van der Waals surface area contributed by atoms with Crippen LogP contribution in [-0.4, -0.2) is 18.9 Å². The number of benzene rings is 7. The van der Waals surface area contributed by atoms with E-state index in [2.05, 4.69) is 168 Å². The Kier molecular flexibility index (Phi) is 5.71. The highest BCUT2D eigenvalue weighted by molar-refractivity contribution is 6.31. The second-order valence-electron chi connectivity index (χ2n) is 13.6. The fourth-order valence-corrected chi connectivity index (χ4v) is 8.35. The van der Waals surface area contributed by atoms with Crippen molar-refractivity contribution in [1.29, 1.82) is 0 Å². The lowest BCUT2D eigenvalue weighted by atomic mass is 10.0. The Balaban J connectivity index is 1.32. The molecule has 51 heavy (non-hydrogen) atoms. The van der Waals surface area contributed by atoms with Crippen LogP contribution in [0.3, 0.4) is 0 Å². The molecule has 0 saturated heterocycles. The van der Waals surface area contributed by atoms with Gasteiger partial charge in [-0.2, -0.15) is 0 Å². The van der Waals surface area contributed by atoms with Crippen molar-refractivity contribution >= 4 is 83.3 Å². The van der Waals surface area contributed by atoms with E-state index in [-0.39, 0.29) is 0 Å². The summed E-state index contributed by atoms with van der Waals surface area (Å²) in [6.45, 7) is 6.60. The Morgan fingerprint density at radius 3 is 2.14 bits per heavy atom. The molecule has 0 unspecified atom stereocenters. The zero-order chi connectivity index (χ0) is 33.8. The molecule has 0 aliphatic rings. The van der Waals surface area contributed by atoms with E-state index in [0.717, 1.165) is 43.8 Å². The fraction of sp³-hybridized carbons (Fsp3) is 0.0213. The molecule has 0 aliphatic carbocycles. The topological polar surface area (TPSA) is 35.1 Å². The summed E-state index contributed by atoms with van der Waals surface area (Å²) in [7, 11) is 0. The molecule has 4 heterocycles. The number of aromatic nitrogens is 4. The minimum atomic E-state index is 0.709. The van der Waals surface area contributed by atoms with Gasteiger partial charge in [-0.05, 0) is 76.2 Å². The van der Waals surface area contributed by atoms with Crippen LogP contribution >= 0.6 is 0 Å². The Morgan fingerprint density at radius 1 is 0.569 bits per heavy atom. The number of fused-ring (bicyclic) bond motifs is 9. The summed E-state index contributed by atoms with van der Waals surface area (Å²) in [6, 6.07) is 51.7. The maximum Gasteiger partial charge on any atom is 0.162 e. The van der Waals surface area contributed by atoms with E-state index in [9.17, 15) is 0 Å². The minimum absolute atomic E-state index is 0.709. The second kappa shape index (κ2) is 10.4. The number of hydrogen-bond donors (Lipinski definition) is 0. The molecule has 0 radical (unpaired) electrons. The smallest absolute Gasteiger partial charge is 0.162 e. The first-order valence-corrected chi connectivity index (χ1v) is 17.4. The van der Waals surface area contributed by atoms with Crippen LogP contribution in [0.25, 0.3) is 101 Å². The Bertz CT molecular complexity index is 3350. The third-order valence-electron chi connectivity index (χ3n) is 10.7. The molecule has 11 aromatic rings. The Labute approximate surface area is 292 Å². The lowest BCUT2D eigenvalue weighted by molar-refractivity contribution is 1.08. The van der Waals surface area contributed by atoms with Gasteiger partial charge in [0.15, 0.2) is 5.82 Å². The van der Waals surface area contributed by atoms with E-state index >= 15 is 0 Å². The lowest BCUT2D eigenvalue weighted by Gasteiger charge is -2.13. The maximum absolute atomic E-state index is 5.47. The molecule has 4 aromatic heterocycles. The molecule has 0 aliphatic heterocycles. The van der Waals surface area contributed by atoms with Crippen molar-refractivity contribution in [3.8, 4) is 17.2 Å². The van der Waals surface area contributed by atoms with Crippen LogP contribution in [0.4, 0.5) is 0 Å². The van der Waals surface area contributed by atoms with Crippen LogP contribution in [0.15, 0.2) is 146 Å². The third-order valence-corrected chi connectivity index (χ3v) is 10.7. The summed E-state index contributed by atoms with van der Waals surface area (Å²) in [6.07, 6.45) is 2.30. The molecule has 0 spiro atoms. The van der Waals surface area contributed by atoms with E-state index < -0.39 is 0 Å². The van der Waals surface area contributed by atoms with Gasteiger partial charge in [-0.15, -0.1) is 0 Å². The molecular weight excluding hydrogens is 621 g/mol. The van der Waals surface area contributed by atoms with Crippen molar-refractivity contribution in [1.82, 2.24) is 18.9 Å². The zero-order valence-corrected chi connectivity index (χ0v) is 27.9. The fourth-order valence-electron chi connectivity index (χ4n) is 8.35. The molecule has 0 amide bonds. The summed E-state index contributed by atoms with van der Waals surface area (Å²) < 4.78 is 4.86. The number of nitrogens with zero attached hydrogens (tertiary/aromatic N) is 4. The van der Waals surface area contributed by atoms with E-state index in [1.807, 2.05) is 6.07 Å². The molecule has 4 nitrogen and oxygen atoms in total. The largest absolute Gasteiger partial charge is 0.308 e. The molecule has 0 atom stereocenters. The van der Waals surface area contributed by atoms with Crippen molar-refractivity contribution in [2.45, 2.75) is 6.92 Å². The first-order chi connectivity index (χ1) is 25.1. The van der Waals surface area contributed by atoms with Gasteiger partial charge in [0.05, 0.1) is 33.3 Å². The molecule has 0 bridgehead atoms. The molecule has 0 saturated carbocycles. The van der Waals surface area contributed by atoms with Crippen LogP contribution in [0, 0.1) is 6.92 Å². The summed E-state index contributed by atoms with van der Waals surface area (Å²) in [5, 5.41) is 11.6.